The summed E-state index contributed by atoms with van der Waals surface area (Å²) in [4.78, 5) is 0. The highest BCUT2D eigenvalue weighted by atomic mass is 35.5. The highest BCUT2D eigenvalue weighted by Crippen LogP contribution is 2.18. The van der Waals surface area contributed by atoms with Crippen molar-refractivity contribution in [3.05, 3.63) is 34.3 Å². The minimum Gasteiger partial charge on any atom is -0.383 e. The molecule has 1 rings (SSSR count). The molecule has 0 aliphatic rings. The van der Waals surface area contributed by atoms with Crippen molar-refractivity contribution in [2.45, 2.75) is 20.3 Å². The first kappa shape index (κ1) is 14.5. The van der Waals surface area contributed by atoms with Crippen molar-refractivity contribution >= 4 is 11.6 Å². The van der Waals surface area contributed by atoms with Crippen molar-refractivity contribution in [3.8, 4) is 0 Å². The Morgan fingerprint density at radius 2 is 2.18 bits per heavy atom. The number of ether oxygens (including phenoxy) is 1. The van der Waals surface area contributed by atoms with Crippen LogP contribution in [0.3, 0.4) is 0 Å². The van der Waals surface area contributed by atoms with Crippen LogP contribution in [0, 0.1) is 12.8 Å². The molecule has 96 valence electrons. The summed E-state index contributed by atoms with van der Waals surface area (Å²) in [6.45, 7) is 6.96. The van der Waals surface area contributed by atoms with E-state index in [1.54, 1.807) is 7.11 Å². The van der Waals surface area contributed by atoms with E-state index in [-0.39, 0.29) is 0 Å². The second kappa shape index (κ2) is 7.70. The summed E-state index contributed by atoms with van der Waals surface area (Å²) in [7, 11) is 1.72. The summed E-state index contributed by atoms with van der Waals surface area (Å²) in [6.07, 6.45) is 1.06. The molecule has 0 saturated heterocycles. The molecule has 17 heavy (non-hydrogen) atoms. The molecule has 3 heteroatoms. The topological polar surface area (TPSA) is 21.3 Å². The van der Waals surface area contributed by atoms with Gasteiger partial charge < -0.3 is 10.1 Å². The van der Waals surface area contributed by atoms with Gasteiger partial charge in [-0.3, -0.25) is 0 Å². The summed E-state index contributed by atoms with van der Waals surface area (Å²) < 4.78 is 4.99. The molecular weight excluding hydrogens is 234 g/mol. The summed E-state index contributed by atoms with van der Waals surface area (Å²) in [5.41, 5.74) is 2.45. The van der Waals surface area contributed by atoms with E-state index in [4.69, 9.17) is 16.3 Å². The lowest BCUT2D eigenvalue weighted by Crippen LogP contribution is -2.25. The van der Waals surface area contributed by atoms with Crippen LogP contribution in [-0.4, -0.2) is 26.8 Å². The van der Waals surface area contributed by atoms with Crippen LogP contribution in [0.25, 0.3) is 0 Å². The van der Waals surface area contributed by atoms with Crippen LogP contribution in [0.4, 0.5) is 0 Å². The fraction of sp³-hybridized carbons (Fsp3) is 0.571. The van der Waals surface area contributed by atoms with Gasteiger partial charge in [0.2, 0.25) is 0 Å². The van der Waals surface area contributed by atoms with Crippen LogP contribution >= 0.6 is 11.6 Å². The van der Waals surface area contributed by atoms with E-state index >= 15 is 0 Å². The van der Waals surface area contributed by atoms with E-state index in [0.717, 1.165) is 36.7 Å². The van der Waals surface area contributed by atoms with Gasteiger partial charge in [-0.05, 0) is 43.0 Å². The molecule has 1 unspecified atom stereocenters. The molecule has 0 saturated carbocycles. The Kier molecular flexibility index (Phi) is 6.56. The maximum atomic E-state index is 6.11. The zero-order chi connectivity index (χ0) is 12.7. The first-order valence-electron chi connectivity index (χ1n) is 6.08. The fourth-order valence-corrected chi connectivity index (χ4v) is 1.96. The zero-order valence-electron chi connectivity index (χ0n) is 10.9. The summed E-state index contributed by atoms with van der Waals surface area (Å²) >= 11 is 6.11. The Bertz CT molecular complexity index is 341. The zero-order valence-corrected chi connectivity index (χ0v) is 11.7. The van der Waals surface area contributed by atoms with Gasteiger partial charge in [-0.25, -0.2) is 0 Å². The van der Waals surface area contributed by atoms with Crippen molar-refractivity contribution < 1.29 is 4.74 Å². The van der Waals surface area contributed by atoms with Gasteiger partial charge in [0.1, 0.15) is 0 Å². The van der Waals surface area contributed by atoms with Crippen LogP contribution in [0.1, 0.15) is 18.1 Å². The van der Waals surface area contributed by atoms with E-state index in [1.165, 1.54) is 5.56 Å². The molecule has 0 amide bonds. The number of hydrogen-bond acceptors (Lipinski definition) is 2. The highest BCUT2D eigenvalue weighted by molar-refractivity contribution is 6.31. The Morgan fingerprint density at radius 3 is 2.82 bits per heavy atom. The van der Waals surface area contributed by atoms with Gasteiger partial charge in [0.05, 0.1) is 6.61 Å². The number of rotatable bonds is 7. The lowest BCUT2D eigenvalue weighted by Gasteiger charge is -2.13. The molecule has 1 aromatic rings. The van der Waals surface area contributed by atoms with Crippen molar-refractivity contribution in [3.63, 3.8) is 0 Å². The minimum absolute atomic E-state index is 0.602. The number of halogens is 1. The average Bonchev–Trinajstić information content (AvgIpc) is 2.30. The molecular formula is C14H22ClNO. The van der Waals surface area contributed by atoms with E-state index < -0.39 is 0 Å². The Morgan fingerprint density at radius 1 is 1.41 bits per heavy atom. The highest BCUT2D eigenvalue weighted by Gasteiger charge is 2.04. The summed E-state index contributed by atoms with van der Waals surface area (Å²) in [5, 5.41) is 4.24. The van der Waals surface area contributed by atoms with Crippen LogP contribution in [0.2, 0.25) is 5.02 Å². The van der Waals surface area contributed by atoms with Crippen LogP contribution < -0.4 is 5.32 Å². The second-order valence-electron chi connectivity index (χ2n) is 4.59. The molecule has 1 N–H and O–H groups in total. The standard InChI is InChI=1S/C14H22ClNO/c1-11(10-16-6-7-17-3)8-13-5-4-12(2)14(15)9-13/h4-5,9,11,16H,6-8,10H2,1-3H3. The van der Waals surface area contributed by atoms with Crippen molar-refractivity contribution in [2.24, 2.45) is 5.92 Å². The van der Waals surface area contributed by atoms with E-state index in [1.807, 2.05) is 6.92 Å². The lowest BCUT2D eigenvalue weighted by molar-refractivity contribution is 0.198. The molecule has 0 fully saturated rings. The maximum Gasteiger partial charge on any atom is 0.0587 e. The Labute approximate surface area is 109 Å². The molecule has 0 spiro atoms. The van der Waals surface area contributed by atoms with E-state index in [2.05, 4.69) is 30.4 Å². The minimum atomic E-state index is 0.602. The van der Waals surface area contributed by atoms with Crippen molar-refractivity contribution in [1.82, 2.24) is 5.32 Å². The van der Waals surface area contributed by atoms with Gasteiger partial charge in [0.25, 0.3) is 0 Å². The van der Waals surface area contributed by atoms with E-state index in [0.29, 0.717) is 5.92 Å². The first-order chi connectivity index (χ1) is 8.13. The molecule has 0 aromatic heterocycles. The second-order valence-corrected chi connectivity index (χ2v) is 5.00. The van der Waals surface area contributed by atoms with Crippen LogP contribution in [0.15, 0.2) is 18.2 Å². The molecule has 2 nitrogen and oxygen atoms in total. The summed E-state index contributed by atoms with van der Waals surface area (Å²) in [6, 6.07) is 6.32. The number of benzene rings is 1. The van der Waals surface area contributed by atoms with E-state index in [9.17, 15) is 0 Å². The SMILES string of the molecule is COCCNCC(C)Cc1ccc(C)c(Cl)c1. The number of methoxy groups -OCH3 is 1. The Balaban J connectivity index is 2.34. The third-order valence-corrected chi connectivity index (χ3v) is 3.20. The first-order valence-corrected chi connectivity index (χ1v) is 6.46. The van der Waals surface area contributed by atoms with Gasteiger partial charge in [-0.15, -0.1) is 0 Å². The van der Waals surface area contributed by atoms with Crippen molar-refractivity contribution in [1.29, 1.82) is 0 Å². The van der Waals surface area contributed by atoms with Gasteiger partial charge in [0, 0.05) is 18.7 Å². The fourth-order valence-electron chi connectivity index (χ4n) is 1.76. The smallest absolute Gasteiger partial charge is 0.0587 e. The van der Waals surface area contributed by atoms with Gasteiger partial charge >= 0.3 is 0 Å². The van der Waals surface area contributed by atoms with Gasteiger partial charge in [-0.1, -0.05) is 30.7 Å². The Hall–Kier alpha value is -0.570. The lowest BCUT2D eigenvalue weighted by atomic mass is 10.0. The van der Waals surface area contributed by atoms with Gasteiger partial charge in [0.15, 0.2) is 0 Å². The molecule has 0 aliphatic carbocycles. The monoisotopic (exact) mass is 255 g/mol. The molecule has 0 radical (unpaired) electrons. The number of hydrogen-bond donors (Lipinski definition) is 1. The predicted molar refractivity (Wildman–Crippen MR) is 73.8 cm³/mol. The van der Waals surface area contributed by atoms with Gasteiger partial charge in [-0.2, -0.15) is 0 Å². The van der Waals surface area contributed by atoms with Crippen molar-refractivity contribution in [2.75, 3.05) is 26.8 Å². The molecule has 1 atom stereocenters. The molecule has 0 aliphatic heterocycles. The van der Waals surface area contributed by atoms with Crippen LogP contribution in [-0.2, 0) is 11.2 Å². The number of aryl methyl sites for hydroxylation is 1. The normalized spacial score (nSPS) is 12.7. The largest absolute Gasteiger partial charge is 0.383 e. The third-order valence-electron chi connectivity index (χ3n) is 2.80. The predicted octanol–water partition coefficient (Wildman–Crippen LogP) is 3.06. The molecule has 0 heterocycles. The average molecular weight is 256 g/mol. The molecule has 1 aromatic carbocycles. The van der Waals surface area contributed by atoms with Crippen LogP contribution in [0.5, 0.6) is 0 Å². The summed E-state index contributed by atoms with van der Waals surface area (Å²) in [5.74, 6) is 0.602. The quantitative estimate of drug-likeness (QED) is 0.756. The third kappa shape index (κ3) is 5.53. The molecule has 0 bridgehead atoms. The maximum absolute atomic E-state index is 6.11. The number of nitrogens with one attached hydrogen (secondary N) is 1.